The van der Waals surface area contributed by atoms with Crippen molar-refractivity contribution >= 4 is 17.2 Å². The lowest BCUT2D eigenvalue weighted by Crippen LogP contribution is -2.33. The molecule has 1 aromatic heterocycles. The Bertz CT molecular complexity index is 646. The highest BCUT2D eigenvalue weighted by Gasteiger charge is 2.12. The molecule has 0 bridgehead atoms. The van der Waals surface area contributed by atoms with E-state index in [1.807, 2.05) is 5.38 Å². The smallest absolute Gasteiger partial charge is 0.226 e. The maximum absolute atomic E-state index is 12.2. The van der Waals surface area contributed by atoms with Gasteiger partial charge in [-0.05, 0) is 37.7 Å². The molecule has 24 heavy (non-hydrogen) atoms. The molecule has 0 aliphatic heterocycles. The molecule has 0 fully saturated rings. The van der Waals surface area contributed by atoms with Crippen molar-refractivity contribution < 1.29 is 4.79 Å². The van der Waals surface area contributed by atoms with Gasteiger partial charge in [0.15, 0.2) is 0 Å². The van der Waals surface area contributed by atoms with Crippen LogP contribution in [0.15, 0.2) is 29.6 Å². The van der Waals surface area contributed by atoms with Crippen LogP contribution >= 0.6 is 11.3 Å². The van der Waals surface area contributed by atoms with Crippen LogP contribution in [0.4, 0.5) is 0 Å². The number of aryl methyl sites for hydroxylation is 1. The van der Waals surface area contributed by atoms with Gasteiger partial charge in [-0.3, -0.25) is 4.79 Å². The summed E-state index contributed by atoms with van der Waals surface area (Å²) in [6.45, 7) is 8.64. The fraction of sp³-hybridized carbons (Fsp3) is 0.500. The van der Waals surface area contributed by atoms with E-state index in [2.05, 4.69) is 62.3 Å². The number of carbonyl (C=O) groups excluding carboxylic acids is 1. The van der Waals surface area contributed by atoms with Crippen LogP contribution in [0, 0.1) is 5.92 Å². The molecule has 0 aliphatic rings. The lowest BCUT2D eigenvalue weighted by molar-refractivity contribution is -0.121. The van der Waals surface area contributed by atoms with Crippen molar-refractivity contribution in [2.24, 2.45) is 5.92 Å². The summed E-state index contributed by atoms with van der Waals surface area (Å²) in [5, 5.41) is 6.04. The Morgan fingerprint density at radius 2 is 1.88 bits per heavy atom. The van der Waals surface area contributed by atoms with Crippen molar-refractivity contribution in [3.8, 4) is 10.6 Å². The first-order chi connectivity index (χ1) is 11.5. The van der Waals surface area contributed by atoms with Gasteiger partial charge in [0.1, 0.15) is 5.01 Å². The van der Waals surface area contributed by atoms with Gasteiger partial charge in [0.05, 0.1) is 12.1 Å². The number of nitrogens with one attached hydrogen (secondary N) is 1. The average Bonchev–Trinajstić information content (AvgIpc) is 3.01. The van der Waals surface area contributed by atoms with Crippen LogP contribution in [-0.2, 0) is 17.6 Å². The lowest BCUT2D eigenvalue weighted by atomic mass is 10.0. The molecule has 1 unspecified atom stereocenters. The van der Waals surface area contributed by atoms with Crippen LogP contribution in [0.25, 0.3) is 10.6 Å². The second-order valence-electron chi connectivity index (χ2n) is 6.81. The van der Waals surface area contributed by atoms with Crippen molar-refractivity contribution in [3.05, 3.63) is 40.9 Å². The van der Waals surface area contributed by atoms with Gasteiger partial charge in [-0.25, -0.2) is 4.98 Å². The predicted molar refractivity (Wildman–Crippen MR) is 102 cm³/mol. The van der Waals surface area contributed by atoms with Crippen molar-refractivity contribution in [1.29, 1.82) is 0 Å². The number of benzene rings is 1. The molecule has 0 saturated carbocycles. The molecular weight excluding hydrogens is 316 g/mol. The summed E-state index contributed by atoms with van der Waals surface area (Å²) >= 11 is 1.60. The molecule has 1 atom stereocenters. The largest absolute Gasteiger partial charge is 0.353 e. The molecule has 0 radical (unpaired) electrons. The standard InChI is InChI=1S/C20H28N2OS/c1-5-16-8-10-17(11-9-16)20-22-18(13-24-20)12-19(23)21-15(4)7-6-14(2)3/h8-11,13-15H,5-7,12H2,1-4H3,(H,21,23). The van der Waals surface area contributed by atoms with Crippen LogP contribution in [0.3, 0.4) is 0 Å². The summed E-state index contributed by atoms with van der Waals surface area (Å²) in [5.74, 6) is 0.731. The third kappa shape index (κ3) is 5.75. The number of amides is 1. The van der Waals surface area contributed by atoms with E-state index in [-0.39, 0.29) is 11.9 Å². The quantitative estimate of drug-likeness (QED) is 0.743. The second kappa shape index (κ2) is 8.97. The topological polar surface area (TPSA) is 42.0 Å². The van der Waals surface area contributed by atoms with Gasteiger partial charge in [0, 0.05) is 17.0 Å². The predicted octanol–water partition coefficient (Wildman–Crippen LogP) is 4.86. The number of carbonyl (C=O) groups is 1. The Balaban J connectivity index is 1.89. The Morgan fingerprint density at radius 1 is 1.17 bits per heavy atom. The van der Waals surface area contributed by atoms with Gasteiger partial charge < -0.3 is 5.32 Å². The molecule has 0 spiro atoms. The third-order valence-electron chi connectivity index (χ3n) is 4.09. The first-order valence-corrected chi connectivity index (χ1v) is 9.69. The molecule has 2 aromatic rings. The molecule has 2 rings (SSSR count). The molecule has 4 heteroatoms. The molecular formula is C20H28N2OS. The summed E-state index contributed by atoms with van der Waals surface area (Å²) < 4.78 is 0. The average molecular weight is 345 g/mol. The summed E-state index contributed by atoms with van der Waals surface area (Å²) in [5.41, 5.74) is 3.29. The van der Waals surface area contributed by atoms with Crippen LogP contribution in [0.1, 0.15) is 51.8 Å². The molecule has 0 saturated heterocycles. The minimum absolute atomic E-state index is 0.0597. The summed E-state index contributed by atoms with van der Waals surface area (Å²) in [6, 6.07) is 8.71. The minimum Gasteiger partial charge on any atom is -0.353 e. The fourth-order valence-corrected chi connectivity index (χ4v) is 3.38. The summed E-state index contributed by atoms with van der Waals surface area (Å²) in [7, 11) is 0. The van der Waals surface area contributed by atoms with E-state index < -0.39 is 0 Å². The van der Waals surface area contributed by atoms with Crippen molar-refractivity contribution in [3.63, 3.8) is 0 Å². The number of thiazole rings is 1. The van der Waals surface area contributed by atoms with Crippen LogP contribution in [0.5, 0.6) is 0 Å². The first kappa shape index (κ1) is 18.7. The van der Waals surface area contributed by atoms with E-state index in [0.29, 0.717) is 12.3 Å². The van der Waals surface area contributed by atoms with E-state index >= 15 is 0 Å². The highest BCUT2D eigenvalue weighted by Crippen LogP contribution is 2.24. The monoisotopic (exact) mass is 344 g/mol. The molecule has 130 valence electrons. The zero-order valence-electron chi connectivity index (χ0n) is 15.1. The number of rotatable bonds is 8. The third-order valence-corrected chi connectivity index (χ3v) is 5.03. The lowest BCUT2D eigenvalue weighted by Gasteiger charge is -2.14. The van der Waals surface area contributed by atoms with Gasteiger partial charge in [0.25, 0.3) is 0 Å². The van der Waals surface area contributed by atoms with E-state index in [1.54, 1.807) is 11.3 Å². The maximum atomic E-state index is 12.2. The summed E-state index contributed by atoms with van der Waals surface area (Å²) in [6.07, 6.45) is 3.56. The van der Waals surface area contributed by atoms with E-state index in [9.17, 15) is 4.79 Å². The van der Waals surface area contributed by atoms with Crippen molar-refractivity contribution in [2.75, 3.05) is 0 Å². The van der Waals surface area contributed by atoms with E-state index in [1.165, 1.54) is 5.56 Å². The Hall–Kier alpha value is -1.68. The normalized spacial score (nSPS) is 12.4. The molecule has 1 N–H and O–H groups in total. The van der Waals surface area contributed by atoms with Crippen LogP contribution < -0.4 is 5.32 Å². The molecule has 1 amide bonds. The van der Waals surface area contributed by atoms with Gasteiger partial charge in [-0.15, -0.1) is 11.3 Å². The molecule has 1 heterocycles. The second-order valence-corrected chi connectivity index (χ2v) is 7.67. The summed E-state index contributed by atoms with van der Waals surface area (Å²) in [4.78, 5) is 16.8. The van der Waals surface area contributed by atoms with Crippen molar-refractivity contribution in [1.82, 2.24) is 10.3 Å². The minimum atomic E-state index is 0.0597. The number of nitrogens with zero attached hydrogens (tertiary/aromatic N) is 1. The van der Waals surface area contributed by atoms with Gasteiger partial charge in [-0.2, -0.15) is 0 Å². The Labute approximate surface area is 149 Å². The molecule has 0 aliphatic carbocycles. The SMILES string of the molecule is CCc1ccc(-c2nc(CC(=O)NC(C)CCC(C)C)cs2)cc1. The number of aromatic nitrogens is 1. The van der Waals surface area contributed by atoms with Gasteiger partial charge in [0.2, 0.25) is 5.91 Å². The highest BCUT2D eigenvalue weighted by atomic mass is 32.1. The van der Waals surface area contributed by atoms with Crippen molar-refractivity contribution in [2.45, 2.75) is 59.4 Å². The van der Waals surface area contributed by atoms with Crippen LogP contribution in [0.2, 0.25) is 0 Å². The van der Waals surface area contributed by atoms with Crippen LogP contribution in [-0.4, -0.2) is 16.9 Å². The van der Waals surface area contributed by atoms with E-state index in [0.717, 1.165) is 35.5 Å². The maximum Gasteiger partial charge on any atom is 0.226 e. The number of hydrogen-bond donors (Lipinski definition) is 1. The van der Waals surface area contributed by atoms with Gasteiger partial charge in [-0.1, -0.05) is 45.0 Å². The molecule has 3 nitrogen and oxygen atoms in total. The number of hydrogen-bond acceptors (Lipinski definition) is 3. The Kier molecular flexibility index (Phi) is 6.98. The highest BCUT2D eigenvalue weighted by molar-refractivity contribution is 7.13. The first-order valence-electron chi connectivity index (χ1n) is 8.81. The zero-order chi connectivity index (χ0) is 17.5. The van der Waals surface area contributed by atoms with Gasteiger partial charge >= 0.3 is 0 Å². The molecule has 1 aromatic carbocycles. The Morgan fingerprint density at radius 3 is 2.50 bits per heavy atom. The fourth-order valence-electron chi connectivity index (χ4n) is 2.55. The zero-order valence-corrected chi connectivity index (χ0v) is 16.0. The van der Waals surface area contributed by atoms with E-state index in [4.69, 9.17) is 0 Å².